The Morgan fingerprint density at radius 3 is 1.88 bits per heavy atom. The van der Waals surface area contributed by atoms with Crippen molar-refractivity contribution in [3.05, 3.63) is 52.1 Å². The molecule has 4 nitrogen and oxygen atoms in total. The van der Waals surface area contributed by atoms with Gasteiger partial charge in [-0.3, -0.25) is 0 Å². The number of aryl methyl sites for hydroxylation is 4. The average Bonchev–Trinajstić information content (AvgIpc) is 3.47. The second-order valence-corrected chi connectivity index (χ2v) is 7.37. The van der Waals surface area contributed by atoms with Crippen molar-refractivity contribution in [3.8, 4) is 16.9 Å². The van der Waals surface area contributed by atoms with Crippen LogP contribution in [0.4, 0.5) is 0 Å². The maximum Gasteiger partial charge on any atom is 0.181 e. The summed E-state index contributed by atoms with van der Waals surface area (Å²) in [5.41, 5.74) is 8.53. The van der Waals surface area contributed by atoms with Crippen LogP contribution in [0.2, 0.25) is 0 Å². The fourth-order valence-electron chi connectivity index (χ4n) is 3.38. The number of ether oxygens (including phenoxy) is 4. The third-order valence-corrected chi connectivity index (χ3v) is 5.02. The van der Waals surface area contributed by atoms with Crippen molar-refractivity contribution < 1.29 is 18.9 Å². The quantitative estimate of drug-likeness (QED) is 0.698. The molecule has 26 heavy (non-hydrogen) atoms. The maximum atomic E-state index is 5.96. The van der Waals surface area contributed by atoms with Gasteiger partial charge in [0.1, 0.15) is 25.1 Å². The summed E-state index contributed by atoms with van der Waals surface area (Å²) >= 11 is 0. The molecule has 0 bridgehead atoms. The SMILES string of the molecule is Cc1cc(-c2cc(C)c(OCC3CO3)c(C)c2)cc(C)c1COC1CO1. The van der Waals surface area contributed by atoms with E-state index in [2.05, 4.69) is 52.0 Å². The third-order valence-electron chi connectivity index (χ3n) is 5.02. The fraction of sp³-hybridized carbons (Fsp3) is 0.455. The van der Waals surface area contributed by atoms with Crippen LogP contribution in [0.3, 0.4) is 0 Å². The summed E-state index contributed by atoms with van der Waals surface area (Å²) in [5.74, 6) is 0.979. The number of benzene rings is 2. The molecule has 0 N–H and O–H groups in total. The Kier molecular flexibility index (Phi) is 4.74. The van der Waals surface area contributed by atoms with Gasteiger partial charge in [0.05, 0.1) is 13.2 Å². The predicted molar refractivity (Wildman–Crippen MR) is 101 cm³/mol. The van der Waals surface area contributed by atoms with Gasteiger partial charge in [0.15, 0.2) is 6.29 Å². The van der Waals surface area contributed by atoms with Crippen LogP contribution in [-0.2, 0) is 20.8 Å². The summed E-state index contributed by atoms with van der Waals surface area (Å²) < 4.78 is 22.0. The molecule has 2 aliphatic heterocycles. The van der Waals surface area contributed by atoms with Crippen LogP contribution in [-0.4, -0.2) is 32.2 Å². The molecule has 2 fully saturated rings. The van der Waals surface area contributed by atoms with Gasteiger partial charge in [0.25, 0.3) is 0 Å². The van der Waals surface area contributed by atoms with Crippen LogP contribution in [0, 0.1) is 27.7 Å². The molecule has 0 aliphatic carbocycles. The first-order chi connectivity index (χ1) is 12.5. The normalized spacial score (nSPS) is 20.9. The van der Waals surface area contributed by atoms with E-state index in [9.17, 15) is 0 Å². The van der Waals surface area contributed by atoms with Gasteiger partial charge in [-0.25, -0.2) is 0 Å². The fourth-order valence-corrected chi connectivity index (χ4v) is 3.38. The minimum atomic E-state index is -0.00707. The van der Waals surface area contributed by atoms with Gasteiger partial charge >= 0.3 is 0 Å². The number of hydrogen-bond donors (Lipinski definition) is 0. The van der Waals surface area contributed by atoms with Crippen molar-refractivity contribution in [1.29, 1.82) is 0 Å². The number of hydrogen-bond acceptors (Lipinski definition) is 4. The molecular weight excluding hydrogens is 328 g/mol. The Balaban J connectivity index is 1.57. The maximum absolute atomic E-state index is 5.96. The second kappa shape index (κ2) is 7.03. The zero-order valence-electron chi connectivity index (χ0n) is 15.9. The standard InChI is InChI=1S/C22H26O4/c1-13-5-17(6-14(2)20(13)11-24-21-12-25-21)18-7-15(3)22(16(4)8-18)26-10-19-9-23-19/h5-8,19,21H,9-12H2,1-4H3. The Morgan fingerprint density at radius 2 is 1.38 bits per heavy atom. The van der Waals surface area contributed by atoms with Crippen molar-refractivity contribution in [3.63, 3.8) is 0 Å². The topological polar surface area (TPSA) is 43.5 Å². The van der Waals surface area contributed by atoms with Gasteiger partial charge in [0.2, 0.25) is 0 Å². The molecule has 2 unspecified atom stereocenters. The highest BCUT2D eigenvalue weighted by atomic mass is 16.8. The highest BCUT2D eigenvalue weighted by Crippen LogP contribution is 2.33. The number of epoxide rings is 2. The van der Waals surface area contributed by atoms with Crippen LogP contribution in [0.1, 0.15) is 27.8 Å². The van der Waals surface area contributed by atoms with Gasteiger partial charge in [-0.1, -0.05) is 12.1 Å². The first kappa shape index (κ1) is 17.5. The van der Waals surface area contributed by atoms with Crippen molar-refractivity contribution >= 4 is 0 Å². The molecule has 0 radical (unpaired) electrons. The molecule has 4 rings (SSSR count). The zero-order chi connectivity index (χ0) is 18.3. The van der Waals surface area contributed by atoms with Crippen LogP contribution in [0.5, 0.6) is 5.75 Å². The van der Waals surface area contributed by atoms with E-state index in [1.54, 1.807) is 0 Å². The largest absolute Gasteiger partial charge is 0.490 e. The van der Waals surface area contributed by atoms with E-state index in [0.717, 1.165) is 30.1 Å². The molecule has 0 spiro atoms. The lowest BCUT2D eigenvalue weighted by atomic mass is 9.94. The van der Waals surface area contributed by atoms with Crippen LogP contribution >= 0.6 is 0 Å². The van der Waals surface area contributed by atoms with Crippen LogP contribution < -0.4 is 4.74 Å². The van der Waals surface area contributed by atoms with E-state index in [0.29, 0.717) is 13.2 Å². The van der Waals surface area contributed by atoms with Crippen molar-refractivity contribution in [2.24, 2.45) is 0 Å². The highest BCUT2D eigenvalue weighted by Gasteiger charge is 2.24. The molecule has 0 amide bonds. The van der Waals surface area contributed by atoms with Gasteiger partial charge in [-0.05, 0) is 78.8 Å². The summed E-state index contributed by atoms with van der Waals surface area (Å²) in [7, 11) is 0. The van der Waals surface area contributed by atoms with E-state index in [-0.39, 0.29) is 12.4 Å². The van der Waals surface area contributed by atoms with E-state index in [1.807, 2.05) is 0 Å². The summed E-state index contributed by atoms with van der Waals surface area (Å²) in [6.45, 7) is 11.3. The summed E-state index contributed by atoms with van der Waals surface area (Å²) in [6, 6.07) is 8.90. The third kappa shape index (κ3) is 3.93. The smallest absolute Gasteiger partial charge is 0.181 e. The van der Waals surface area contributed by atoms with Crippen LogP contribution in [0.25, 0.3) is 11.1 Å². The lowest BCUT2D eigenvalue weighted by molar-refractivity contribution is 0.0381. The van der Waals surface area contributed by atoms with E-state index < -0.39 is 0 Å². The minimum Gasteiger partial charge on any atom is -0.490 e. The van der Waals surface area contributed by atoms with E-state index in [4.69, 9.17) is 18.9 Å². The van der Waals surface area contributed by atoms with Crippen molar-refractivity contribution in [1.82, 2.24) is 0 Å². The lowest BCUT2D eigenvalue weighted by Gasteiger charge is -2.16. The van der Waals surface area contributed by atoms with Crippen molar-refractivity contribution in [2.75, 3.05) is 19.8 Å². The van der Waals surface area contributed by atoms with Gasteiger partial charge in [0, 0.05) is 0 Å². The van der Waals surface area contributed by atoms with Crippen LogP contribution in [0.15, 0.2) is 24.3 Å². The minimum absolute atomic E-state index is 0.00707. The Morgan fingerprint density at radius 1 is 0.846 bits per heavy atom. The molecule has 138 valence electrons. The molecule has 0 saturated carbocycles. The summed E-state index contributed by atoms with van der Waals surface area (Å²) in [5, 5.41) is 0. The number of rotatable bonds is 7. The predicted octanol–water partition coefficient (Wildman–Crippen LogP) is 4.24. The Labute approximate surface area is 155 Å². The summed E-state index contributed by atoms with van der Waals surface area (Å²) in [6.07, 6.45) is 0.266. The van der Waals surface area contributed by atoms with E-state index >= 15 is 0 Å². The van der Waals surface area contributed by atoms with Gasteiger partial charge in [-0.15, -0.1) is 0 Å². The molecular formula is C22H26O4. The van der Waals surface area contributed by atoms with Crippen molar-refractivity contribution in [2.45, 2.75) is 46.7 Å². The van der Waals surface area contributed by atoms with Gasteiger partial charge < -0.3 is 18.9 Å². The summed E-state index contributed by atoms with van der Waals surface area (Å²) in [4.78, 5) is 0. The average molecular weight is 354 g/mol. The molecule has 2 atom stereocenters. The molecule has 4 heteroatoms. The first-order valence-electron chi connectivity index (χ1n) is 9.20. The Hall–Kier alpha value is -1.88. The Bertz CT molecular complexity index is 703. The second-order valence-electron chi connectivity index (χ2n) is 7.37. The molecule has 2 aromatic rings. The lowest BCUT2D eigenvalue weighted by Crippen LogP contribution is -2.06. The zero-order valence-corrected chi connectivity index (χ0v) is 15.9. The monoisotopic (exact) mass is 354 g/mol. The molecule has 0 aromatic heterocycles. The van der Waals surface area contributed by atoms with Gasteiger partial charge in [-0.2, -0.15) is 0 Å². The molecule has 2 heterocycles. The molecule has 2 aliphatic rings. The van der Waals surface area contributed by atoms with E-state index in [1.165, 1.54) is 27.8 Å². The molecule has 2 aromatic carbocycles. The first-order valence-corrected chi connectivity index (χ1v) is 9.20. The highest BCUT2D eigenvalue weighted by molar-refractivity contribution is 5.69. The molecule has 2 saturated heterocycles.